The minimum atomic E-state index is -0.749. The van der Waals surface area contributed by atoms with Crippen molar-refractivity contribution in [3.63, 3.8) is 0 Å². The predicted octanol–water partition coefficient (Wildman–Crippen LogP) is 2.65. The first-order valence-electron chi connectivity index (χ1n) is 10.2. The van der Waals surface area contributed by atoms with Crippen LogP contribution in [0.15, 0.2) is 46.4 Å². The van der Waals surface area contributed by atoms with Crippen molar-refractivity contribution < 1.29 is 23.8 Å². The lowest BCUT2D eigenvalue weighted by Crippen LogP contribution is -2.42. The number of benzene rings is 1. The minimum absolute atomic E-state index is 0.0696. The molecule has 1 amide bonds. The number of ether oxygens (including phenoxy) is 1. The molecule has 0 unspecified atom stereocenters. The minimum Gasteiger partial charge on any atom is -0.507 e. The van der Waals surface area contributed by atoms with Crippen LogP contribution < -0.4 is 0 Å². The SMILES string of the molecule is Cc1ccc(C(O)=C2C(=O)C(=O)N(CCN3CCOCC3)[C@@H]2c2ccc(C)o2)cc1. The quantitative estimate of drug-likeness (QED) is 0.464. The zero-order chi connectivity index (χ0) is 21.3. The number of aryl methyl sites for hydroxylation is 2. The summed E-state index contributed by atoms with van der Waals surface area (Å²) in [4.78, 5) is 29.6. The molecular weight excluding hydrogens is 384 g/mol. The van der Waals surface area contributed by atoms with Gasteiger partial charge in [0.25, 0.3) is 11.7 Å². The molecule has 2 aliphatic rings. The van der Waals surface area contributed by atoms with E-state index in [1.807, 2.05) is 26.0 Å². The van der Waals surface area contributed by atoms with Crippen LogP contribution in [0, 0.1) is 13.8 Å². The van der Waals surface area contributed by atoms with E-state index in [2.05, 4.69) is 4.90 Å². The Hall–Kier alpha value is -2.90. The predicted molar refractivity (Wildman–Crippen MR) is 111 cm³/mol. The van der Waals surface area contributed by atoms with Crippen molar-refractivity contribution in [3.05, 3.63) is 64.6 Å². The molecule has 0 bridgehead atoms. The third kappa shape index (κ3) is 3.91. The normalized spacial score (nSPS) is 22.1. The maximum absolute atomic E-state index is 13.0. The lowest BCUT2D eigenvalue weighted by Gasteiger charge is -2.30. The highest BCUT2D eigenvalue weighted by atomic mass is 16.5. The first-order chi connectivity index (χ1) is 14.5. The standard InChI is InChI=1S/C23H26N2O5/c1-15-3-6-17(7-4-15)21(26)19-20(18-8-5-16(2)30-18)25(23(28)22(19)27)10-9-24-11-13-29-14-12-24/h3-8,20,26H,9-14H2,1-2H3/t20-/m1/s1. The number of hydrogen-bond donors (Lipinski definition) is 1. The van der Waals surface area contributed by atoms with Crippen molar-refractivity contribution in [3.8, 4) is 0 Å². The second-order valence-corrected chi connectivity index (χ2v) is 7.76. The number of rotatable bonds is 5. The molecule has 4 rings (SSSR count). The van der Waals surface area contributed by atoms with Gasteiger partial charge >= 0.3 is 0 Å². The number of morpholine rings is 1. The van der Waals surface area contributed by atoms with Crippen molar-refractivity contribution >= 4 is 17.4 Å². The molecule has 1 aromatic heterocycles. The molecule has 2 saturated heterocycles. The van der Waals surface area contributed by atoms with Crippen LogP contribution in [0.1, 0.15) is 28.7 Å². The molecule has 0 aliphatic carbocycles. The second kappa shape index (κ2) is 8.45. The summed E-state index contributed by atoms with van der Waals surface area (Å²) in [6, 6.07) is 10.0. The first kappa shape index (κ1) is 20.4. The first-order valence-corrected chi connectivity index (χ1v) is 10.2. The summed E-state index contributed by atoms with van der Waals surface area (Å²) in [5.41, 5.74) is 1.61. The van der Waals surface area contributed by atoms with E-state index in [1.165, 1.54) is 4.90 Å². The summed E-state index contributed by atoms with van der Waals surface area (Å²) < 4.78 is 11.2. The van der Waals surface area contributed by atoms with Crippen LogP contribution in [-0.4, -0.2) is 66.0 Å². The lowest BCUT2D eigenvalue weighted by atomic mass is 9.99. The Kier molecular flexibility index (Phi) is 5.74. The molecule has 7 nitrogen and oxygen atoms in total. The fourth-order valence-electron chi connectivity index (χ4n) is 3.95. The Labute approximate surface area is 175 Å². The van der Waals surface area contributed by atoms with Gasteiger partial charge in [0.05, 0.1) is 18.8 Å². The van der Waals surface area contributed by atoms with Crippen LogP contribution in [-0.2, 0) is 14.3 Å². The van der Waals surface area contributed by atoms with Crippen LogP contribution in [0.4, 0.5) is 0 Å². The van der Waals surface area contributed by atoms with Crippen molar-refractivity contribution in [2.75, 3.05) is 39.4 Å². The highest BCUT2D eigenvalue weighted by molar-refractivity contribution is 6.46. The van der Waals surface area contributed by atoms with Gasteiger partial charge in [-0.3, -0.25) is 14.5 Å². The monoisotopic (exact) mass is 410 g/mol. The molecule has 7 heteroatoms. The number of ketones is 1. The second-order valence-electron chi connectivity index (χ2n) is 7.76. The van der Waals surface area contributed by atoms with Crippen LogP contribution in [0.5, 0.6) is 0 Å². The number of likely N-dealkylation sites (tertiary alicyclic amines) is 1. The van der Waals surface area contributed by atoms with E-state index in [4.69, 9.17) is 9.15 Å². The third-order valence-corrected chi connectivity index (χ3v) is 5.66. The van der Waals surface area contributed by atoms with Gasteiger partial charge in [-0.2, -0.15) is 0 Å². The molecule has 0 radical (unpaired) electrons. The number of carbonyl (C=O) groups is 2. The number of nitrogens with zero attached hydrogens (tertiary/aromatic N) is 2. The molecule has 158 valence electrons. The number of hydrogen-bond acceptors (Lipinski definition) is 6. The largest absolute Gasteiger partial charge is 0.507 e. The number of aliphatic hydroxyl groups is 1. The summed E-state index contributed by atoms with van der Waals surface area (Å²) in [5.74, 6) is -0.326. The Morgan fingerprint density at radius 1 is 1.03 bits per heavy atom. The van der Waals surface area contributed by atoms with Gasteiger partial charge in [-0.25, -0.2) is 0 Å². The summed E-state index contributed by atoms with van der Waals surface area (Å²) in [6.07, 6.45) is 0. The maximum atomic E-state index is 13.0. The van der Waals surface area contributed by atoms with Gasteiger partial charge in [0, 0.05) is 31.7 Å². The van der Waals surface area contributed by atoms with E-state index in [9.17, 15) is 14.7 Å². The smallest absolute Gasteiger partial charge is 0.295 e. The summed E-state index contributed by atoms with van der Waals surface area (Å²) in [5, 5.41) is 11.0. The third-order valence-electron chi connectivity index (χ3n) is 5.66. The number of Topliss-reactive ketones (excluding diaryl/α,β-unsaturated/α-hetero) is 1. The van der Waals surface area contributed by atoms with Crippen molar-refractivity contribution in [1.82, 2.24) is 9.80 Å². The van der Waals surface area contributed by atoms with E-state index >= 15 is 0 Å². The Morgan fingerprint density at radius 3 is 2.37 bits per heavy atom. The average molecular weight is 410 g/mol. The van der Waals surface area contributed by atoms with Crippen molar-refractivity contribution in [2.24, 2.45) is 0 Å². The number of aliphatic hydroxyl groups excluding tert-OH is 1. The Morgan fingerprint density at radius 2 is 1.73 bits per heavy atom. The van der Waals surface area contributed by atoms with E-state index in [0.717, 1.165) is 18.7 Å². The van der Waals surface area contributed by atoms with E-state index in [0.29, 0.717) is 43.4 Å². The zero-order valence-corrected chi connectivity index (χ0v) is 17.3. The van der Waals surface area contributed by atoms with Gasteiger partial charge in [0.1, 0.15) is 23.3 Å². The van der Waals surface area contributed by atoms with Crippen molar-refractivity contribution in [2.45, 2.75) is 19.9 Å². The molecule has 0 spiro atoms. The molecule has 1 aromatic carbocycles. The van der Waals surface area contributed by atoms with Gasteiger partial charge in [-0.1, -0.05) is 29.8 Å². The maximum Gasteiger partial charge on any atom is 0.295 e. The van der Waals surface area contributed by atoms with Gasteiger partial charge in [-0.05, 0) is 26.0 Å². The summed E-state index contributed by atoms with van der Waals surface area (Å²) in [7, 11) is 0. The molecule has 2 aliphatic heterocycles. The fourth-order valence-corrected chi connectivity index (χ4v) is 3.95. The van der Waals surface area contributed by atoms with Crippen LogP contribution in [0.3, 0.4) is 0 Å². The highest BCUT2D eigenvalue weighted by Crippen LogP contribution is 2.39. The van der Waals surface area contributed by atoms with Gasteiger partial charge in [0.2, 0.25) is 0 Å². The Balaban J connectivity index is 1.70. The molecule has 0 saturated carbocycles. The molecule has 1 N–H and O–H groups in total. The molecule has 30 heavy (non-hydrogen) atoms. The topological polar surface area (TPSA) is 83.2 Å². The number of carbonyl (C=O) groups excluding carboxylic acids is 2. The van der Waals surface area contributed by atoms with Crippen LogP contribution in [0.2, 0.25) is 0 Å². The Bertz CT molecular complexity index is 970. The van der Waals surface area contributed by atoms with Crippen LogP contribution >= 0.6 is 0 Å². The van der Waals surface area contributed by atoms with Gasteiger partial charge in [0.15, 0.2) is 0 Å². The van der Waals surface area contributed by atoms with E-state index in [1.54, 1.807) is 24.3 Å². The van der Waals surface area contributed by atoms with E-state index in [-0.39, 0.29) is 11.3 Å². The molecule has 2 aromatic rings. The molecule has 1 atom stereocenters. The molecular formula is C23H26N2O5. The summed E-state index contributed by atoms with van der Waals surface area (Å²) in [6.45, 7) is 7.63. The zero-order valence-electron chi connectivity index (χ0n) is 17.3. The lowest BCUT2D eigenvalue weighted by molar-refractivity contribution is -0.140. The number of amides is 1. The average Bonchev–Trinajstić information content (AvgIpc) is 3.28. The van der Waals surface area contributed by atoms with E-state index < -0.39 is 17.7 Å². The van der Waals surface area contributed by atoms with Crippen LogP contribution in [0.25, 0.3) is 5.76 Å². The van der Waals surface area contributed by atoms with Crippen molar-refractivity contribution in [1.29, 1.82) is 0 Å². The number of furan rings is 1. The highest BCUT2D eigenvalue weighted by Gasteiger charge is 2.47. The molecule has 2 fully saturated rings. The summed E-state index contributed by atoms with van der Waals surface area (Å²) >= 11 is 0. The fraction of sp³-hybridized carbons (Fsp3) is 0.391. The molecule has 3 heterocycles. The van der Waals surface area contributed by atoms with Gasteiger partial charge < -0.3 is 19.2 Å². The van der Waals surface area contributed by atoms with Gasteiger partial charge in [-0.15, -0.1) is 0 Å².